The largest absolute Gasteiger partial charge is 1.00 e. The van der Waals surface area contributed by atoms with Gasteiger partial charge in [-0.05, 0) is 86.8 Å². The fraction of sp³-hybridized carbons (Fsp3) is 0.591. The van der Waals surface area contributed by atoms with Gasteiger partial charge in [0.1, 0.15) is 0 Å². The molecule has 0 radical (unpaired) electrons. The topological polar surface area (TPSA) is 86.3 Å². The van der Waals surface area contributed by atoms with Crippen LogP contribution in [0.2, 0.25) is 0 Å². The van der Waals surface area contributed by atoms with E-state index < -0.39 is 16.0 Å². The number of benzene rings is 1. The Morgan fingerprint density at radius 2 is 1.86 bits per heavy atom. The number of fused-ring (bicyclic) bond motifs is 2. The third-order valence-electron chi connectivity index (χ3n) is 6.35. The Kier molecular flexibility index (Phi) is 9.42. The molecule has 2 aliphatic carbocycles. The number of hydrogen-bond donors (Lipinski definition) is 1. The van der Waals surface area contributed by atoms with Crippen molar-refractivity contribution in [2.75, 3.05) is 0 Å². The van der Waals surface area contributed by atoms with Crippen molar-refractivity contribution < 1.29 is 47.9 Å². The maximum absolute atomic E-state index is 12.9. The summed E-state index contributed by atoms with van der Waals surface area (Å²) in [5.41, 5.74) is 1.13. The number of unbranched alkanes of at least 4 members (excludes halogenated alkanes) is 1. The number of aryl methyl sites for hydroxylation is 1. The normalized spacial score (nSPS) is 26.0. The van der Waals surface area contributed by atoms with E-state index in [0.29, 0.717) is 29.1 Å². The van der Waals surface area contributed by atoms with Gasteiger partial charge in [0, 0.05) is 12.0 Å². The van der Waals surface area contributed by atoms with Gasteiger partial charge in [-0.15, -0.1) is 0 Å². The van der Waals surface area contributed by atoms with Crippen LogP contribution in [0, 0.1) is 17.8 Å². The summed E-state index contributed by atoms with van der Waals surface area (Å²) in [6.07, 6.45) is 10.6. The summed E-state index contributed by atoms with van der Waals surface area (Å²) in [5, 5.41) is 10.5. The van der Waals surface area contributed by atoms with Crippen LogP contribution in [0.5, 0.6) is 0 Å². The van der Waals surface area contributed by atoms with Crippen molar-refractivity contribution in [3.63, 3.8) is 0 Å². The van der Waals surface area contributed by atoms with Crippen LogP contribution in [0.25, 0.3) is 0 Å². The van der Waals surface area contributed by atoms with Crippen LogP contribution in [-0.4, -0.2) is 20.4 Å². The Morgan fingerprint density at radius 1 is 1.17 bits per heavy atom. The minimum absolute atomic E-state index is 0. The van der Waals surface area contributed by atoms with Crippen molar-refractivity contribution in [1.29, 1.82) is 0 Å². The molecule has 0 aromatic heterocycles. The third-order valence-corrected chi connectivity index (χ3v) is 7.82. The second kappa shape index (κ2) is 11.1. The predicted octanol–water partition coefficient (Wildman–Crippen LogP) is -0.187. The van der Waals surface area contributed by atoms with E-state index in [2.05, 4.69) is 10.8 Å². The molecule has 0 aliphatic heterocycles. The van der Waals surface area contributed by atoms with Crippen molar-refractivity contribution in [1.82, 2.24) is 4.72 Å². The smallest absolute Gasteiger partial charge is 0.550 e. The molecular formula is C22H30NNaO4S. The molecular weight excluding hydrogens is 397 g/mol. The average Bonchev–Trinajstić information content (AvgIpc) is 3.26. The predicted molar refractivity (Wildman–Crippen MR) is 107 cm³/mol. The minimum atomic E-state index is -3.52. The van der Waals surface area contributed by atoms with E-state index in [1.165, 1.54) is 6.42 Å². The Labute approximate surface area is 196 Å². The van der Waals surface area contributed by atoms with E-state index in [1.807, 2.05) is 25.1 Å². The molecule has 0 amide bonds. The number of carbonyl (C=O) groups is 1. The van der Waals surface area contributed by atoms with Gasteiger partial charge in [-0.1, -0.05) is 31.2 Å². The van der Waals surface area contributed by atoms with Crippen LogP contribution in [0.1, 0.15) is 57.4 Å². The monoisotopic (exact) mass is 427 g/mol. The van der Waals surface area contributed by atoms with Gasteiger partial charge in [0.05, 0.1) is 4.90 Å². The van der Waals surface area contributed by atoms with E-state index >= 15 is 0 Å². The molecule has 7 heteroatoms. The molecule has 1 N–H and O–H groups in total. The van der Waals surface area contributed by atoms with E-state index in [0.717, 1.165) is 37.7 Å². The Balaban J connectivity index is 0.00000300. The Bertz CT molecular complexity index is 807. The number of aliphatic carboxylic acids is 1. The molecule has 154 valence electrons. The molecule has 3 rings (SSSR count). The summed E-state index contributed by atoms with van der Waals surface area (Å²) >= 11 is 0. The summed E-state index contributed by atoms with van der Waals surface area (Å²) in [6, 6.07) is 7.13. The van der Waals surface area contributed by atoms with Gasteiger partial charge in [-0.3, -0.25) is 0 Å². The summed E-state index contributed by atoms with van der Waals surface area (Å²) in [7, 11) is -3.52. The number of carbonyl (C=O) groups excluding carboxylic acids is 1. The van der Waals surface area contributed by atoms with E-state index in [9.17, 15) is 18.3 Å². The standard InChI is InChI=1S/C22H31NO4S.Na/c1-2-16-9-13-19(14-10-16)28(26,27)23-22-18-12-11-17(15-18)20(22)7-5-3-4-6-8-21(24)25;/h3,5,9-10,13-14,17-18,20,22-23H,2,4,6-8,11-12,15H2,1H3,(H,24,25);/q;+1/p-1/b5-3-;/t17-,18?,20+,22+;/m1./s1. The van der Waals surface area contributed by atoms with E-state index in [-0.39, 0.29) is 42.0 Å². The number of rotatable bonds is 10. The summed E-state index contributed by atoms with van der Waals surface area (Å²) in [4.78, 5) is 10.8. The molecule has 0 heterocycles. The van der Waals surface area contributed by atoms with Crippen LogP contribution < -0.4 is 39.4 Å². The number of hydrogen-bond acceptors (Lipinski definition) is 4. The molecule has 0 spiro atoms. The van der Waals surface area contributed by atoms with Crippen molar-refractivity contribution in [2.24, 2.45) is 17.8 Å². The van der Waals surface area contributed by atoms with Gasteiger partial charge in [-0.2, -0.15) is 0 Å². The van der Waals surface area contributed by atoms with Crippen molar-refractivity contribution in [3.05, 3.63) is 42.0 Å². The molecule has 5 nitrogen and oxygen atoms in total. The summed E-state index contributed by atoms with van der Waals surface area (Å²) in [6.45, 7) is 2.05. The maximum Gasteiger partial charge on any atom is 1.00 e. The first-order valence-corrected chi connectivity index (χ1v) is 11.8. The number of sulfonamides is 1. The van der Waals surface area contributed by atoms with Crippen LogP contribution in [0.4, 0.5) is 0 Å². The van der Waals surface area contributed by atoms with Crippen LogP contribution in [0.15, 0.2) is 41.3 Å². The van der Waals surface area contributed by atoms with E-state index in [1.54, 1.807) is 12.1 Å². The number of allylic oxidation sites excluding steroid dienone is 2. The van der Waals surface area contributed by atoms with Gasteiger partial charge < -0.3 is 9.90 Å². The van der Waals surface area contributed by atoms with Gasteiger partial charge in [0.2, 0.25) is 10.0 Å². The fourth-order valence-electron chi connectivity index (χ4n) is 4.82. The maximum atomic E-state index is 12.9. The third kappa shape index (κ3) is 6.41. The van der Waals surface area contributed by atoms with Gasteiger partial charge in [-0.25, -0.2) is 13.1 Å². The zero-order chi connectivity index (χ0) is 20.1. The van der Waals surface area contributed by atoms with E-state index in [4.69, 9.17) is 0 Å². The first-order valence-electron chi connectivity index (χ1n) is 10.4. The second-order valence-corrected chi connectivity index (χ2v) is 9.83. The zero-order valence-electron chi connectivity index (χ0n) is 17.5. The minimum Gasteiger partial charge on any atom is -0.550 e. The number of carboxylic acids is 1. The molecule has 1 aromatic rings. The van der Waals surface area contributed by atoms with Crippen LogP contribution >= 0.6 is 0 Å². The first kappa shape index (κ1) is 24.6. The molecule has 2 fully saturated rings. The first-order chi connectivity index (χ1) is 13.4. The van der Waals surface area contributed by atoms with Gasteiger partial charge in [0.25, 0.3) is 0 Å². The molecule has 1 aromatic carbocycles. The SMILES string of the molecule is CCc1ccc(S(=O)(=O)N[C@H]2C3CC[C@H](C3)[C@@H]2C/C=C\CCCC(=O)[O-])cc1.[Na+]. The van der Waals surface area contributed by atoms with Crippen LogP contribution in [-0.2, 0) is 21.2 Å². The quantitative estimate of drug-likeness (QED) is 0.319. The Hall–Kier alpha value is -0.660. The summed E-state index contributed by atoms with van der Waals surface area (Å²) in [5.74, 6) is 0.308. The van der Waals surface area contributed by atoms with Gasteiger partial charge >= 0.3 is 29.6 Å². The average molecular weight is 428 g/mol. The van der Waals surface area contributed by atoms with Crippen molar-refractivity contribution in [3.8, 4) is 0 Å². The molecule has 2 bridgehead atoms. The number of nitrogens with one attached hydrogen (secondary N) is 1. The molecule has 2 saturated carbocycles. The van der Waals surface area contributed by atoms with Gasteiger partial charge in [0.15, 0.2) is 0 Å². The Morgan fingerprint density at radius 3 is 2.52 bits per heavy atom. The van der Waals surface area contributed by atoms with Crippen molar-refractivity contribution >= 4 is 16.0 Å². The van der Waals surface area contributed by atoms with Crippen LogP contribution in [0.3, 0.4) is 0 Å². The molecule has 2 aliphatic rings. The molecule has 1 unspecified atom stereocenters. The molecule has 0 saturated heterocycles. The zero-order valence-corrected chi connectivity index (χ0v) is 20.3. The number of carboxylic acid groups (broad SMARTS) is 1. The molecule has 29 heavy (non-hydrogen) atoms. The molecule has 4 atom stereocenters. The fourth-order valence-corrected chi connectivity index (χ4v) is 6.18. The second-order valence-electron chi connectivity index (χ2n) is 8.11. The summed E-state index contributed by atoms with van der Waals surface area (Å²) < 4.78 is 28.8. The van der Waals surface area contributed by atoms with Crippen molar-refractivity contribution in [2.45, 2.75) is 69.2 Å².